The molecule has 0 saturated heterocycles. The van der Waals surface area contributed by atoms with Crippen molar-refractivity contribution in [1.29, 1.82) is 0 Å². The fraction of sp³-hybridized carbons (Fsp3) is 0.304. The third kappa shape index (κ3) is 3.85. The van der Waals surface area contributed by atoms with Crippen LogP contribution in [-0.4, -0.2) is 17.6 Å². The molecule has 1 aromatic heterocycles. The average Bonchev–Trinajstić information content (AvgIpc) is 3.46. The molecule has 1 aliphatic carbocycles. The van der Waals surface area contributed by atoms with E-state index in [0.29, 0.717) is 6.54 Å². The largest absolute Gasteiger partial charge is 0.361 e. The molecule has 1 saturated carbocycles. The van der Waals surface area contributed by atoms with Crippen molar-refractivity contribution in [3.8, 4) is 0 Å². The van der Waals surface area contributed by atoms with Gasteiger partial charge in [-0.3, -0.25) is 4.79 Å². The predicted molar refractivity (Wildman–Crippen MR) is 112 cm³/mol. The van der Waals surface area contributed by atoms with Crippen LogP contribution in [0.5, 0.6) is 0 Å². The lowest BCUT2D eigenvalue weighted by molar-refractivity contribution is 0.0947. The summed E-state index contributed by atoms with van der Waals surface area (Å²) in [4.78, 5) is 13.9. The van der Waals surface area contributed by atoms with E-state index in [1.165, 1.54) is 5.56 Å². The van der Waals surface area contributed by atoms with E-state index >= 15 is 0 Å². The number of rotatable bonds is 7. The van der Waals surface area contributed by atoms with E-state index in [4.69, 9.17) is 4.52 Å². The molecule has 0 aliphatic heterocycles. The summed E-state index contributed by atoms with van der Waals surface area (Å²) in [5, 5.41) is 7.18. The number of thioether (sulfide) groups is 1. The van der Waals surface area contributed by atoms with Gasteiger partial charge in [-0.05, 0) is 44.4 Å². The molecular formula is C23H24N2O2S. The Kier molecular flexibility index (Phi) is 5.27. The highest BCUT2D eigenvalue weighted by Crippen LogP contribution is 2.47. The number of nitrogens with zero attached hydrogens (tertiary/aromatic N) is 1. The topological polar surface area (TPSA) is 55.1 Å². The summed E-state index contributed by atoms with van der Waals surface area (Å²) < 4.78 is 5.24. The highest BCUT2D eigenvalue weighted by Gasteiger charge is 2.44. The molecule has 1 amide bonds. The van der Waals surface area contributed by atoms with E-state index < -0.39 is 0 Å². The summed E-state index contributed by atoms with van der Waals surface area (Å²) in [5.41, 5.74) is 4.15. The molecule has 144 valence electrons. The van der Waals surface area contributed by atoms with Gasteiger partial charge in [0.15, 0.2) is 0 Å². The maximum atomic E-state index is 12.9. The Morgan fingerprint density at radius 3 is 2.50 bits per heavy atom. The van der Waals surface area contributed by atoms with E-state index in [2.05, 4.69) is 34.7 Å². The molecule has 0 unspecified atom stereocenters. The number of amides is 1. The van der Waals surface area contributed by atoms with Crippen LogP contribution in [0.2, 0.25) is 0 Å². The second kappa shape index (κ2) is 7.84. The van der Waals surface area contributed by atoms with Gasteiger partial charge in [0.2, 0.25) is 0 Å². The van der Waals surface area contributed by atoms with Crippen molar-refractivity contribution in [2.24, 2.45) is 0 Å². The number of aryl methyl sites for hydroxylation is 2. The number of carbonyl (C=O) groups excluding carboxylic acids is 1. The van der Waals surface area contributed by atoms with Crippen molar-refractivity contribution in [2.75, 3.05) is 6.54 Å². The Bertz CT molecular complexity index is 958. The number of benzene rings is 2. The van der Waals surface area contributed by atoms with Gasteiger partial charge in [0, 0.05) is 28.2 Å². The summed E-state index contributed by atoms with van der Waals surface area (Å²) in [6.07, 6.45) is 2.25. The van der Waals surface area contributed by atoms with Crippen molar-refractivity contribution in [1.82, 2.24) is 10.5 Å². The first-order valence-electron chi connectivity index (χ1n) is 9.56. The maximum Gasteiger partial charge on any atom is 0.252 e. The third-order valence-electron chi connectivity index (χ3n) is 5.51. The Hall–Kier alpha value is -2.53. The van der Waals surface area contributed by atoms with Crippen LogP contribution >= 0.6 is 11.8 Å². The molecule has 3 aromatic rings. The summed E-state index contributed by atoms with van der Waals surface area (Å²) in [6.45, 7) is 4.55. The predicted octanol–water partition coefficient (Wildman–Crippen LogP) is 5.05. The monoisotopic (exact) mass is 392 g/mol. The van der Waals surface area contributed by atoms with E-state index in [-0.39, 0.29) is 11.3 Å². The standard InChI is InChI=1S/C23H24N2O2S/c1-16-20(17(2)27-25-16)14-28-21-11-7-6-10-19(21)22(26)24-15-23(12-13-23)18-8-4-3-5-9-18/h3-11H,12-15H2,1-2H3,(H,24,26). The minimum absolute atomic E-state index is 0.0101. The highest BCUT2D eigenvalue weighted by atomic mass is 32.2. The Labute approximate surface area is 169 Å². The number of carbonyl (C=O) groups is 1. The number of aromatic nitrogens is 1. The molecule has 28 heavy (non-hydrogen) atoms. The number of hydrogen-bond donors (Lipinski definition) is 1. The molecule has 4 nitrogen and oxygen atoms in total. The van der Waals surface area contributed by atoms with Crippen molar-refractivity contribution < 1.29 is 9.32 Å². The molecule has 1 N–H and O–H groups in total. The molecule has 2 aromatic carbocycles. The van der Waals surface area contributed by atoms with Gasteiger partial charge in [0.25, 0.3) is 5.91 Å². The van der Waals surface area contributed by atoms with Crippen LogP contribution in [0, 0.1) is 13.8 Å². The van der Waals surface area contributed by atoms with Gasteiger partial charge in [-0.1, -0.05) is 47.6 Å². The maximum absolute atomic E-state index is 12.9. The molecule has 0 spiro atoms. The lowest BCUT2D eigenvalue weighted by Crippen LogP contribution is -2.32. The fourth-order valence-corrected chi connectivity index (χ4v) is 4.70. The van der Waals surface area contributed by atoms with Crippen LogP contribution in [0.25, 0.3) is 0 Å². The van der Waals surface area contributed by atoms with Crippen LogP contribution in [0.3, 0.4) is 0 Å². The minimum atomic E-state index is -0.0101. The molecule has 1 aliphatic rings. The van der Waals surface area contributed by atoms with Crippen molar-refractivity contribution in [2.45, 2.75) is 42.8 Å². The zero-order valence-corrected chi connectivity index (χ0v) is 17.0. The van der Waals surface area contributed by atoms with Crippen LogP contribution in [0.15, 0.2) is 64.0 Å². The van der Waals surface area contributed by atoms with Gasteiger partial charge in [-0.25, -0.2) is 0 Å². The Morgan fingerprint density at radius 1 is 1.11 bits per heavy atom. The molecule has 5 heteroatoms. The Morgan fingerprint density at radius 2 is 1.82 bits per heavy atom. The van der Waals surface area contributed by atoms with Gasteiger partial charge < -0.3 is 9.84 Å². The van der Waals surface area contributed by atoms with Crippen LogP contribution in [-0.2, 0) is 11.2 Å². The molecule has 4 rings (SSSR count). The highest BCUT2D eigenvalue weighted by molar-refractivity contribution is 7.98. The van der Waals surface area contributed by atoms with E-state index in [1.54, 1.807) is 11.8 Å². The van der Waals surface area contributed by atoms with Crippen molar-refractivity contribution >= 4 is 17.7 Å². The summed E-state index contributed by atoms with van der Waals surface area (Å²) in [6, 6.07) is 18.3. The van der Waals surface area contributed by atoms with Gasteiger partial charge in [0.1, 0.15) is 5.76 Å². The van der Waals surface area contributed by atoms with Crippen molar-refractivity contribution in [3.05, 3.63) is 82.7 Å². The van der Waals surface area contributed by atoms with E-state index in [1.807, 2.05) is 44.2 Å². The molecular weight excluding hydrogens is 368 g/mol. The SMILES string of the molecule is Cc1noc(C)c1CSc1ccccc1C(=O)NCC1(c2ccccc2)CC1. The van der Waals surface area contributed by atoms with Gasteiger partial charge in [0.05, 0.1) is 11.3 Å². The quantitative estimate of drug-likeness (QED) is 0.572. The second-order valence-corrected chi connectivity index (χ2v) is 8.43. The first kappa shape index (κ1) is 18.8. The second-order valence-electron chi connectivity index (χ2n) is 7.42. The lowest BCUT2D eigenvalue weighted by Gasteiger charge is -2.17. The van der Waals surface area contributed by atoms with Crippen LogP contribution < -0.4 is 5.32 Å². The van der Waals surface area contributed by atoms with Gasteiger partial charge >= 0.3 is 0 Å². The molecule has 1 fully saturated rings. The van der Waals surface area contributed by atoms with Gasteiger partial charge in [-0.2, -0.15) is 0 Å². The summed E-state index contributed by atoms with van der Waals surface area (Å²) in [7, 11) is 0. The number of hydrogen-bond acceptors (Lipinski definition) is 4. The van der Waals surface area contributed by atoms with Crippen molar-refractivity contribution in [3.63, 3.8) is 0 Å². The Balaban J connectivity index is 1.44. The minimum Gasteiger partial charge on any atom is -0.361 e. The molecule has 0 radical (unpaired) electrons. The van der Waals surface area contributed by atoms with Gasteiger partial charge in [-0.15, -0.1) is 11.8 Å². The zero-order valence-electron chi connectivity index (χ0n) is 16.2. The molecule has 0 bridgehead atoms. The molecule has 1 heterocycles. The smallest absolute Gasteiger partial charge is 0.252 e. The summed E-state index contributed by atoms with van der Waals surface area (Å²) >= 11 is 1.65. The third-order valence-corrected chi connectivity index (χ3v) is 6.61. The van der Waals surface area contributed by atoms with E-state index in [9.17, 15) is 4.79 Å². The fourth-order valence-electron chi connectivity index (χ4n) is 3.49. The molecule has 0 atom stereocenters. The average molecular weight is 393 g/mol. The lowest BCUT2D eigenvalue weighted by atomic mass is 9.96. The van der Waals surface area contributed by atoms with E-state index in [0.717, 1.165) is 46.1 Å². The summed E-state index contributed by atoms with van der Waals surface area (Å²) in [5.74, 6) is 1.56. The van der Waals surface area contributed by atoms with Crippen LogP contribution in [0.1, 0.15) is 45.8 Å². The van der Waals surface area contributed by atoms with Crippen LogP contribution in [0.4, 0.5) is 0 Å². The number of nitrogens with one attached hydrogen (secondary N) is 1. The first-order valence-corrected chi connectivity index (χ1v) is 10.5. The zero-order chi connectivity index (χ0) is 19.6. The normalized spacial score (nSPS) is 14.6. The first-order chi connectivity index (χ1) is 13.6.